The normalized spacial score (nSPS) is 19.9. The summed E-state index contributed by atoms with van der Waals surface area (Å²) in [6, 6.07) is 5.97. The van der Waals surface area contributed by atoms with Crippen LogP contribution < -0.4 is 4.74 Å². The first-order chi connectivity index (χ1) is 6.96. The molecule has 1 atom stereocenters. The van der Waals surface area contributed by atoms with Crippen molar-refractivity contribution in [2.24, 2.45) is 0 Å². The van der Waals surface area contributed by atoms with Crippen LogP contribution >= 0.6 is 15.9 Å². The Morgan fingerprint density at radius 1 is 1.53 bits per heavy atom. The van der Waals surface area contributed by atoms with Gasteiger partial charge in [0.25, 0.3) is 0 Å². The number of hydrogen-bond donors (Lipinski definition) is 1. The lowest BCUT2D eigenvalue weighted by molar-refractivity contribution is 0.0333. The summed E-state index contributed by atoms with van der Waals surface area (Å²) in [6.45, 7) is 3.63. The molecule has 0 spiro atoms. The van der Waals surface area contributed by atoms with Gasteiger partial charge in [-0.25, -0.2) is 0 Å². The molecule has 82 valence electrons. The van der Waals surface area contributed by atoms with E-state index in [0.717, 1.165) is 16.6 Å². The van der Waals surface area contributed by atoms with Crippen molar-refractivity contribution in [1.82, 2.24) is 0 Å². The summed E-state index contributed by atoms with van der Waals surface area (Å²) in [5, 5.41) is 9.73. The van der Waals surface area contributed by atoms with E-state index >= 15 is 0 Å². The monoisotopic (exact) mass is 270 g/mol. The van der Waals surface area contributed by atoms with Crippen LogP contribution in [-0.4, -0.2) is 16.8 Å². The van der Waals surface area contributed by atoms with Crippen molar-refractivity contribution in [3.8, 4) is 5.75 Å². The van der Waals surface area contributed by atoms with E-state index in [4.69, 9.17) is 4.74 Å². The van der Waals surface area contributed by atoms with Crippen LogP contribution in [-0.2, 0) is 6.42 Å². The molecule has 1 aliphatic heterocycles. The van der Waals surface area contributed by atoms with Gasteiger partial charge in [-0.2, -0.15) is 0 Å². The highest BCUT2D eigenvalue weighted by Crippen LogP contribution is 2.36. The second-order valence-corrected chi connectivity index (χ2v) is 5.53. The molecule has 0 amide bonds. The fraction of sp³-hybridized carbons (Fsp3) is 0.500. The number of rotatable bonds is 2. The van der Waals surface area contributed by atoms with Gasteiger partial charge in [0.2, 0.25) is 0 Å². The molecule has 1 heterocycles. The first kappa shape index (κ1) is 11.0. The van der Waals surface area contributed by atoms with Crippen LogP contribution in [0.2, 0.25) is 0 Å². The molecule has 15 heavy (non-hydrogen) atoms. The van der Waals surface area contributed by atoms with Gasteiger partial charge in [0.1, 0.15) is 11.9 Å². The number of hydrogen-bond acceptors (Lipinski definition) is 2. The summed E-state index contributed by atoms with van der Waals surface area (Å²) in [5.41, 5.74) is 0.547. The summed E-state index contributed by atoms with van der Waals surface area (Å²) < 4.78 is 6.87. The highest BCUT2D eigenvalue weighted by atomic mass is 79.9. The van der Waals surface area contributed by atoms with E-state index in [0.29, 0.717) is 6.42 Å². The lowest BCUT2D eigenvalue weighted by Gasteiger charge is -2.21. The Labute approximate surface area is 98.4 Å². The minimum atomic E-state index is -0.667. The standard InChI is InChI=1S/C12H15BrO2/c1-12(2,14)7-8-6-9-10(13)4-3-5-11(9)15-8/h3-5,8,14H,6-7H2,1-2H3. The van der Waals surface area contributed by atoms with E-state index in [1.165, 1.54) is 5.56 Å². The Morgan fingerprint density at radius 2 is 2.27 bits per heavy atom. The van der Waals surface area contributed by atoms with Gasteiger partial charge in [-0.1, -0.05) is 22.0 Å². The second kappa shape index (κ2) is 3.80. The van der Waals surface area contributed by atoms with Crippen molar-refractivity contribution in [2.75, 3.05) is 0 Å². The molecular weight excluding hydrogens is 256 g/mol. The largest absolute Gasteiger partial charge is 0.490 e. The molecule has 1 N–H and O–H groups in total. The van der Waals surface area contributed by atoms with Crippen LogP contribution in [0.5, 0.6) is 5.75 Å². The van der Waals surface area contributed by atoms with E-state index in [1.807, 2.05) is 32.0 Å². The maximum absolute atomic E-state index is 9.73. The van der Waals surface area contributed by atoms with Crippen LogP contribution in [0.25, 0.3) is 0 Å². The van der Waals surface area contributed by atoms with Crippen LogP contribution in [0.15, 0.2) is 22.7 Å². The first-order valence-corrected chi connectivity index (χ1v) is 5.91. The van der Waals surface area contributed by atoms with Gasteiger partial charge in [-0.3, -0.25) is 0 Å². The molecule has 0 aliphatic carbocycles. The minimum Gasteiger partial charge on any atom is -0.490 e. The number of ether oxygens (including phenoxy) is 1. The van der Waals surface area contributed by atoms with Crippen molar-refractivity contribution in [1.29, 1.82) is 0 Å². The van der Waals surface area contributed by atoms with Crippen LogP contribution in [0.3, 0.4) is 0 Å². The predicted octanol–water partition coefficient (Wildman–Crippen LogP) is 2.91. The third-order valence-electron chi connectivity index (χ3n) is 2.53. The summed E-state index contributed by atoms with van der Waals surface area (Å²) in [7, 11) is 0. The van der Waals surface area contributed by atoms with E-state index in [-0.39, 0.29) is 6.10 Å². The summed E-state index contributed by atoms with van der Waals surface area (Å²) in [6.07, 6.45) is 1.63. The van der Waals surface area contributed by atoms with Crippen molar-refractivity contribution in [3.63, 3.8) is 0 Å². The zero-order chi connectivity index (χ0) is 11.1. The van der Waals surface area contributed by atoms with Crippen molar-refractivity contribution >= 4 is 15.9 Å². The minimum absolute atomic E-state index is 0.0960. The molecule has 0 bridgehead atoms. The lowest BCUT2D eigenvalue weighted by Crippen LogP contribution is -2.28. The Hall–Kier alpha value is -0.540. The molecule has 2 nitrogen and oxygen atoms in total. The zero-order valence-corrected chi connectivity index (χ0v) is 10.5. The fourth-order valence-corrected chi connectivity index (χ4v) is 2.48. The Morgan fingerprint density at radius 3 is 2.87 bits per heavy atom. The average molecular weight is 271 g/mol. The fourth-order valence-electron chi connectivity index (χ4n) is 1.97. The van der Waals surface area contributed by atoms with Gasteiger partial charge in [0.05, 0.1) is 5.60 Å². The highest BCUT2D eigenvalue weighted by Gasteiger charge is 2.29. The Bertz CT molecular complexity index is 368. The summed E-state index contributed by atoms with van der Waals surface area (Å²) in [5.74, 6) is 0.943. The van der Waals surface area contributed by atoms with E-state index < -0.39 is 5.60 Å². The average Bonchev–Trinajstić information content (AvgIpc) is 2.45. The van der Waals surface area contributed by atoms with Gasteiger partial charge in [-0.05, 0) is 26.0 Å². The summed E-state index contributed by atoms with van der Waals surface area (Å²) in [4.78, 5) is 0. The van der Waals surface area contributed by atoms with Gasteiger partial charge in [-0.15, -0.1) is 0 Å². The SMILES string of the molecule is CC(C)(O)CC1Cc2c(Br)cccc2O1. The van der Waals surface area contributed by atoms with Crippen molar-refractivity contribution in [3.05, 3.63) is 28.2 Å². The van der Waals surface area contributed by atoms with Gasteiger partial charge in [0.15, 0.2) is 0 Å². The van der Waals surface area contributed by atoms with Crippen molar-refractivity contribution < 1.29 is 9.84 Å². The predicted molar refractivity (Wildman–Crippen MR) is 63.2 cm³/mol. The van der Waals surface area contributed by atoms with E-state index in [1.54, 1.807) is 0 Å². The van der Waals surface area contributed by atoms with Crippen LogP contribution in [0.4, 0.5) is 0 Å². The maximum Gasteiger partial charge on any atom is 0.124 e. The van der Waals surface area contributed by atoms with Crippen LogP contribution in [0, 0.1) is 0 Å². The molecular formula is C12H15BrO2. The van der Waals surface area contributed by atoms with E-state index in [2.05, 4.69) is 15.9 Å². The second-order valence-electron chi connectivity index (χ2n) is 4.68. The molecule has 0 aromatic heterocycles. The highest BCUT2D eigenvalue weighted by molar-refractivity contribution is 9.10. The smallest absolute Gasteiger partial charge is 0.124 e. The number of fused-ring (bicyclic) bond motifs is 1. The molecule has 1 aromatic rings. The lowest BCUT2D eigenvalue weighted by atomic mass is 9.98. The van der Waals surface area contributed by atoms with Gasteiger partial charge < -0.3 is 9.84 Å². The summed E-state index contributed by atoms with van der Waals surface area (Å²) >= 11 is 3.51. The first-order valence-electron chi connectivity index (χ1n) is 5.12. The van der Waals surface area contributed by atoms with Gasteiger partial charge >= 0.3 is 0 Å². The van der Waals surface area contributed by atoms with Crippen molar-refractivity contribution in [2.45, 2.75) is 38.4 Å². The third-order valence-corrected chi connectivity index (χ3v) is 3.27. The molecule has 1 aromatic carbocycles. The molecule has 0 radical (unpaired) electrons. The molecule has 2 rings (SSSR count). The third kappa shape index (κ3) is 2.52. The van der Waals surface area contributed by atoms with Gasteiger partial charge in [0, 0.05) is 22.9 Å². The van der Waals surface area contributed by atoms with Crippen LogP contribution in [0.1, 0.15) is 25.8 Å². The maximum atomic E-state index is 9.73. The number of benzene rings is 1. The Balaban J connectivity index is 2.13. The molecule has 1 unspecified atom stereocenters. The molecule has 3 heteroatoms. The topological polar surface area (TPSA) is 29.5 Å². The number of aliphatic hydroxyl groups is 1. The number of halogens is 1. The molecule has 1 aliphatic rings. The molecule has 0 saturated carbocycles. The van der Waals surface area contributed by atoms with E-state index in [9.17, 15) is 5.11 Å². The molecule has 0 saturated heterocycles. The quantitative estimate of drug-likeness (QED) is 0.896. The Kier molecular flexibility index (Phi) is 2.77. The molecule has 0 fully saturated rings. The zero-order valence-electron chi connectivity index (χ0n) is 8.96.